The second kappa shape index (κ2) is 5.63. The molecule has 16 heavy (non-hydrogen) atoms. The van der Waals surface area contributed by atoms with Crippen LogP contribution < -0.4 is 11.1 Å². The minimum Gasteiger partial charge on any atom is -0.355 e. The number of hydrogen-bond donors (Lipinski definition) is 2. The van der Waals surface area contributed by atoms with E-state index in [1.807, 2.05) is 0 Å². The van der Waals surface area contributed by atoms with Crippen LogP contribution in [0.3, 0.4) is 0 Å². The minimum absolute atomic E-state index is 0.227. The fourth-order valence-electron chi connectivity index (χ4n) is 2.07. The van der Waals surface area contributed by atoms with E-state index in [2.05, 4.69) is 5.32 Å². The SMILES string of the molecule is CS(=O)(=O)CC(=O)NCC1CCCC(N)C1. The Morgan fingerprint density at radius 2 is 2.12 bits per heavy atom. The first-order valence-corrected chi connectivity index (χ1v) is 7.63. The molecule has 0 aromatic rings. The molecule has 0 bridgehead atoms. The number of sulfone groups is 1. The van der Waals surface area contributed by atoms with Gasteiger partial charge in [-0.2, -0.15) is 0 Å². The maximum absolute atomic E-state index is 11.3. The molecule has 3 N–H and O–H groups in total. The van der Waals surface area contributed by atoms with Crippen LogP contribution in [0.2, 0.25) is 0 Å². The topological polar surface area (TPSA) is 89.3 Å². The van der Waals surface area contributed by atoms with Crippen LogP contribution in [-0.2, 0) is 14.6 Å². The summed E-state index contributed by atoms with van der Waals surface area (Å²) in [6.45, 7) is 0.544. The van der Waals surface area contributed by atoms with Crippen LogP contribution >= 0.6 is 0 Å². The van der Waals surface area contributed by atoms with Crippen LogP contribution in [0.15, 0.2) is 0 Å². The van der Waals surface area contributed by atoms with Crippen molar-refractivity contribution in [2.45, 2.75) is 31.7 Å². The zero-order valence-electron chi connectivity index (χ0n) is 9.61. The minimum atomic E-state index is -3.22. The predicted molar refractivity (Wildman–Crippen MR) is 62.7 cm³/mol. The molecular formula is C10H20N2O3S. The van der Waals surface area contributed by atoms with Crippen molar-refractivity contribution in [2.24, 2.45) is 11.7 Å². The molecule has 2 unspecified atom stereocenters. The summed E-state index contributed by atoms with van der Waals surface area (Å²) in [5.74, 6) is -0.444. The molecule has 0 spiro atoms. The first kappa shape index (κ1) is 13.4. The molecule has 1 amide bonds. The summed E-state index contributed by atoms with van der Waals surface area (Å²) in [7, 11) is -3.22. The van der Waals surface area contributed by atoms with Gasteiger partial charge in [0.05, 0.1) is 0 Å². The zero-order chi connectivity index (χ0) is 12.2. The van der Waals surface area contributed by atoms with E-state index < -0.39 is 21.5 Å². The van der Waals surface area contributed by atoms with E-state index >= 15 is 0 Å². The lowest BCUT2D eigenvalue weighted by Crippen LogP contribution is -2.37. The van der Waals surface area contributed by atoms with E-state index in [0.29, 0.717) is 12.5 Å². The molecule has 5 nitrogen and oxygen atoms in total. The van der Waals surface area contributed by atoms with E-state index in [-0.39, 0.29) is 6.04 Å². The van der Waals surface area contributed by atoms with Gasteiger partial charge in [-0.15, -0.1) is 0 Å². The lowest BCUT2D eigenvalue weighted by Gasteiger charge is -2.26. The molecule has 2 atom stereocenters. The van der Waals surface area contributed by atoms with Gasteiger partial charge in [-0.25, -0.2) is 8.42 Å². The van der Waals surface area contributed by atoms with Gasteiger partial charge in [0.25, 0.3) is 0 Å². The Hall–Kier alpha value is -0.620. The van der Waals surface area contributed by atoms with Crippen molar-refractivity contribution in [3.8, 4) is 0 Å². The second-order valence-corrected chi connectivity index (χ2v) is 6.81. The van der Waals surface area contributed by atoms with Crippen molar-refractivity contribution in [1.29, 1.82) is 0 Å². The molecule has 0 radical (unpaired) electrons. The molecule has 94 valence electrons. The van der Waals surface area contributed by atoms with Crippen LogP contribution in [0.5, 0.6) is 0 Å². The van der Waals surface area contributed by atoms with Gasteiger partial charge in [0.2, 0.25) is 5.91 Å². The molecule has 0 aromatic carbocycles. The maximum atomic E-state index is 11.3. The van der Waals surface area contributed by atoms with Crippen molar-refractivity contribution in [1.82, 2.24) is 5.32 Å². The fourth-order valence-corrected chi connectivity index (χ4v) is 2.64. The van der Waals surface area contributed by atoms with Crippen molar-refractivity contribution in [2.75, 3.05) is 18.6 Å². The predicted octanol–water partition coefficient (Wildman–Crippen LogP) is -0.335. The van der Waals surface area contributed by atoms with Gasteiger partial charge in [-0.3, -0.25) is 4.79 Å². The monoisotopic (exact) mass is 248 g/mol. The van der Waals surface area contributed by atoms with E-state index in [4.69, 9.17) is 5.73 Å². The molecule has 6 heteroatoms. The van der Waals surface area contributed by atoms with Gasteiger partial charge in [-0.05, 0) is 25.2 Å². The van der Waals surface area contributed by atoms with E-state index in [1.165, 1.54) is 0 Å². The lowest BCUT2D eigenvalue weighted by atomic mass is 9.86. The summed E-state index contributed by atoms with van der Waals surface area (Å²) < 4.78 is 21.7. The highest BCUT2D eigenvalue weighted by atomic mass is 32.2. The van der Waals surface area contributed by atoms with Crippen molar-refractivity contribution >= 4 is 15.7 Å². The number of amides is 1. The van der Waals surface area contributed by atoms with Crippen molar-refractivity contribution in [3.05, 3.63) is 0 Å². The number of rotatable bonds is 4. The molecule has 1 aliphatic carbocycles. The van der Waals surface area contributed by atoms with Crippen LogP contribution in [0.4, 0.5) is 0 Å². The zero-order valence-corrected chi connectivity index (χ0v) is 10.4. The van der Waals surface area contributed by atoms with Crippen LogP contribution in [0, 0.1) is 5.92 Å². The summed E-state index contributed by atoms with van der Waals surface area (Å²) in [6, 6.07) is 0.227. The van der Waals surface area contributed by atoms with E-state index in [1.54, 1.807) is 0 Å². The molecule has 0 saturated heterocycles. The normalized spacial score (nSPS) is 26.4. The second-order valence-electron chi connectivity index (χ2n) is 4.67. The Labute approximate surface area is 96.7 Å². The third-order valence-electron chi connectivity index (χ3n) is 2.80. The van der Waals surface area contributed by atoms with Gasteiger partial charge in [0, 0.05) is 18.8 Å². The fraction of sp³-hybridized carbons (Fsp3) is 0.900. The Balaban J connectivity index is 2.26. The maximum Gasteiger partial charge on any atom is 0.235 e. The Bertz CT molecular complexity index is 340. The third kappa shape index (κ3) is 5.46. The molecule has 0 aliphatic heterocycles. The number of nitrogens with two attached hydrogens (primary N) is 1. The molecule has 0 heterocycles. The number of carbonyl (C=O) groups excluding carboxylic acids is 1. The summed E-state index contributed by atoms with van der Waals surface area (Å²) in [5.41, 5.74) is 5.82. The first-order chi connectivity index (χ1) is 7.37. The molecular weight excluding hydrogens is 228 g/mol. The van der Waals surface area contributed by atoms with Gasteiger partial charge in [0.1, 0.15) is 5.75 Å². The smallest absolute Gasteiger partial charge is 0.235 e. The van der Waals surface area contributed by atoms with Gasteiger partial charge < -0.3 is 11.1 Å². The molecule has 1 fully saturated rings. The molecule has 0 aromatic heterocycles. The Kier molecular flexibility index (Phi) is 4.73. The van der Waals surface area contributed by atoms with Crippen molar-refractivity contribution in [3.63, 3.8) is 0 Å². The summed E-state index contributed by atoms with van der Waals surface area (Å²) in [6.07, 6.45) is 5.18. The summed E-state index contributed by atoms with van der Waals surface area (Å²) in [4.78, 5) is 11.3. The average Bonchev–Trinajstić information content (AvgIpc) is 2.12. The summed E-state index contributed by atoms with van der Waals surface area (Å²) in [5, 5.41) is 2.66. The Morgan fingerprint density at radius 3 is 2.69 bits per heavy atom. The average molecular weight is 248 g/mol. The first-order valence-electron chi connectivity index (χ1n) is 5.57. The third-order valence-corrected chi connectivity index (χ3v) is 3.59. The molecule has 1 rings (SSSR count). The highest BCUT2D eigenvalue weighted by Gasteiger charge is 2.20. The van der Waals surface area contributed by atoms with Gasteiger partial charge >= 0.3 is 0 Å². The lowest BCUT2D eigenvalue weighted by molar-refractivity contribution is -0.118. The Morgan fingerprint density at radius 1 is 1.44 bits per heavy atom. The summed E-state index contributed by atoms with van der Waals surface area (Å²) >= 11 is 0. The van der Waals surface area contributed by atoms with Crippen molar-refractivity contribution < 1.29 is 13.2 Å². The van der Waals surface area contributed by atoms with Gasteiger partial charge in [0.15, 0.2) is 9.84 Å². The van der Waals surface area contributed by atoms with Crippen LogP contribution in [0.1, 0.15) is 25.7 Å². The highest BCUT2D eigenvalue weighted by molar-refractivity contribution is 7.91. The number of carbonyl (C=O) groups is 1. The highest BCUT2D eigenvalue weighted by Crippen LogP contribution is 2.22. The largest absolute Gasteiger partial charge is 0.355 e. The van der Waals surface area contributed by atoms with E-state index in [0.717, 1.165) is 31.9 Å². The van der Waals surface area contributed by atoms with E-state index in [9.17, 15) is 13.2 Å². The quantitative estimate of drug-likeness (QED) is 0.712. The molecule has 1 saturated carbocycles. The number of nitrogens with one attached hydrogen (secondary N) is 1. The van der Waals surface area contributed by atoms with Gasteiger partial charge in [-0.1, -0.05) is 6.42 Å². The van der Waals surface area contributed by atoms with Crippen LogP contribution in [-0.4, -0.2) is 38.9 Å². The van der Waals surface area contributed by atoms with Crippen LogP contribution in [0.25, 0.3) is 0 Å². The standard InChI is InChI=1S/C10H20N2O3S/c1-16(14,15)7-10(13)12-6-8-3-2-4-9(11)5-8/h8-9H,2-7,11H2,1H3,(H,12,13). The number of hydrogen-bond acceptors (Lipinski definition) is 4. The molecule has 1 aliphatic rings.